The smallest absolute Gasteiger partial charge is 0.0943 e. The standard InChI is InChI=1S/C5H4BrClS/c1-3-2-4(7)8-5(3)6/h2H,1H3. The first-order chi connectivity index (χ1) is 3.70. The first-order valence-corrected chi connectivity index (χ1v) is 4.10. The second kappa shape index (κ2) is 2.38. The molecular formula is C5H4BrClS. The lowest BCUT2D eigenvalue weighted by molar-refractivity contribution is 1.53. The second-order valence-electron chi connectivity index (χ2n) is 1.51. The Labute approximate surface area is 65.6 Å². The number of halogens is 2. The molecule has 0 amide bonds. The van der Waals surface area contributed by atoms with Crippen LogP contribution < -0.4 is 0 Å². The van der Waals surface area contributed by atoms with Crippen molar-refractivity contribution in [2.45, 2.75) is 6.92 Å². The summed E-state index contributed by atoms with van der Waals surface area (Å²) >= 11 is 10.6. The van der Waals surface area contributed by atoms with Crippen LogP contribution in [0.3, 0.4) is 0 Å². The zero-order chi connectivity index (χ0) is 6.15. The quantitative estimate of drug-likeness (QED) is 0.616. The minimum Gasteiger partial charge on any atom is -0.116 e. The van der Waals surface area contributed by atoms with Gasteiger partial charge < -0.3 is 0 Å². The molecule has 1 heterocycles. The Kier molecular flexibility index (Phi) is 1.96. The average molecular weight is 212 g/mol. The van der Waals surface area contributed by atoms with Crippen LogP contribution in [0.5, 0.6) is 0 Å². The van der Waals surface area contributed by atoms with Crippen LogP contribution in [-0.4, -0.2) is 0 Å². The lowest BCUT2D eigenvalue weighted by Gasteiger charge is -1.76. The van der Waals surface area contributed by atoms with E-state index in [1.165, 1.54) is 5.56 Å². The molecule has 0 radical (unpaired) electrons. The van der Waals surface area contributed by atoms with Gasteiger partial charge in [0.1, 0.15) is 0 Å². The Hall–Kier alpha value is 0.470. The first kappa shape index (κ1) is 6.59. The molecule has 0 unspecified atom stereocenters. The zero-order valence-corrected chi connectivity index (χ0v) is 7.40. The van der Waals surface area contributed by atoms with Crippen molar-refractivity contribution in [3.05, 3.63) is 19.8 Å². The van der Waals surface area contributed by atoms with Gasteiger partial charge in [0.25, 0.3) is 0 Å². The van der Waals surface area contributed by atoms with Gasteiger partial charge in [0.15, 0.2) is 0 Å². The van der Waals surface area contributed by atoms with E-state index in [1.54, 1.807) is 11.3 Å². The van der Waals surface area contributed by atoms with Crippen LogP contribution in [0.1, 0.15) is 5.56 Å². The Bertz CT molecular complexity index is 175. The summed E-state index contributed by atoms with van der Waals surface area (Å²) in [4.78, 5) is 0. The van der Waals surface area contributed by atoms with E-state index in [0.29, 0.717) is 0 Å². The highest BCUT2D eigenvalue weighted by Gasteiger charge is 1.97. The fourth-order valence-electron chi connectivity index (χ4n) is 0.423. The van der Waals surface area contributed by atoms with Crippen LogP contribution in [-0.2, 0) is 0 Å². The number of hydrogen-bond acceptors (Lipinski definition) is 1. The van der Waals surface area contributed by atoms with Crippen LogP contribution in [0.4, 0.5) is 0 Å². The SMILES string of the molecule is Cc1cc(Cl)sc1Br. The van der Waals surface area contributed by atoms with Gasteiger partial charge in [-0.15, -0.1) is 11.3 Å². The first-order valence-electron chi connectivity index (χ1n) is 2.11. The Morgan fingerprint density at radius 1 is 1.75 bits per heavy atom. The normalized spacial score (nSPS) is 9.88. The summed E-state index contributed by atoms with van der Waals surface area (Å²) in [5.74, 6) is 0. The van der Waals surface area contributed by atoms with Gasteiger partial charge in [0, 0.05) is 0 Å². The number of aryl methyl sites for hydroxylation is 1. The molecule has 0 N–H and O–H groups in total. The monoisotopic (exact) mass is 210 g/mol. The summed E-state index contributed by atoms with van der Waals surface area (Å²) < 4.78 is 1.97. The van der Waals surface area contributed by atoms with E-state index in [4.69, 9.17) is 11.6 Å². The Morgan fingerprint density at radius 3 is 2.50 bits per heavy atom. The van der Waals surface area contributed by atoms with Crippen molar-refractivity contribution in [2.24, 2.45) is 0 Å². The van der Waals surface area contributed by atoms with Crippen molar-refractivity contribution in [2.75, 3.05) is 0 Å². The third-order valence-corrected chi connectivity index (χ3v) is 3.09. The maximum atomic E-state index is 5.65. The molecule has 44 valence electrons. The molecule has 0 aliphatic heterocycles. The minimum absolute atomic E-state index is 0.842. The van der Waals surface area contributed by atoms with Gasteiger partial charge in [-0.1, -0.05) is 11.6 Å². The van der Waals surface area contributed by atoms with Crippen molar-refractivity contribution in [3.8, 4) is 0 Å². The van der Waals surface area contributed by atoms with Crippen molar-refractivity contribution >= 4 is 38.9 Å². The van der Waals surface area contributed by atoms with Crippen LogP contribution in [0, 0.1) is 6.92 Å². The molecule has 0 aliphatic rings. The predicted molar refractivity (Wildman–Crippen MR) is 41.8 cm³/mol. The number of thiophene rings is 1. The summed E-state index contributed by atoms with van der Waals surface area (Å²) in [6, 6.07) is 1.94. The van der Waals surface area contributed by atoms with E-state index in [9.17, 15) is 0 Å². The molecule has 1 aromatic rings. The third kappa shape index (κ3) is 1.24. The third-order valence-electron chi connectivity index (χ3n) is 0.827. The highest BCUT2D eigenvalue weighted by atomic mass is 79.9. The van der Waals surface area contributed by atoms with Crippen molar-refractivity contribution in [1.82, 2.24) is 0 Å². The van der Waals surface area contributed by atoms with E-state index < -0.39 is 0 Å². The molecular weight excluding hydrogens is 207 g/mol. The molecule has 1 rings (SSSR count). The van der Waals surface area contributed by atoms with E-state index in [1.807, 2.05) is 13.0 Å². The summed E-state index contributed by atoms with van der Waals surface area (Å²) in [7, 11) is 0. The molecule has 0 spiro atoms. The maximum Gasteiger partial charge on any atom is 0.0943 e. The molecule has 0 fully saturated rings. The average Bonchev–Trinajstić information content (AvgIpc) is 1.85. The van der Waals surface area contributed by atoms with Gasteiger partial charge in [-0.25, -0.2) is 0 Å². The molecule has 0 bridgehead atoms. The van der Waals surface area contributed by atoms with Gasteiger partial charge >= 0.3 is 0 Å². The predicted octanol–water partition coefficient (Wildman–Crippen LogP) is 3.47. The topological polar surface area (TPSA) is 0 Å². The summed E-state index contributed by atoms with van der Waals surface area (Å²) in [5, 5.41) is 0. The summed E-state index contributed by atoms with van der Waals surface area (Å²) in [6.45, 7) is 2.02. The van der Waals surface area contributed by atoms with E-state index in [2.05, 4.69) is 15.9 Å². The van der Waals surface area contributed by atoms with E-state index in [-0.39, 0.29) is 0 Å². The fraction of sp³-hybridized carbons (Fsp3) is 0.200. The van der Waals surface area contributed by atoms with Gasteiger partial charge in [-0.05, 0) is 34.5 Å². The molecule has 0 saturated carbocycles. The number of hydrogen-bond donors (Lipinski definition) is 0. The van der Waals surface area contributed by atoms with E-state index in [0.717, 1.165) is 8.12 Å². The number of rotatable bonds is 0. The van der Waals surface area contributed by atoms with Gasteiger partial charge in [0.2, 0.25) is 0 Å². The molecule has 1 aromatic heterocycles. The second-order valence-corrected chi connectivity index (χ2v) is 4.51. The van der Waals surface area contributed by atoms with Crippen LogP contribution in [0.2, 0.25) is 4.34 Å². The molecule has 0 atom stereocenters. The van der Waals surface area contributed by atoms with Gasteiger partial charge in [-0.3, -0.25) is 0 Å². The van der Waals surface area contributed by atoms with Crippen LogP contribution >= 0.6 is 38.9 Å². The molecule has 3 heteroatoms. The Balaban J connectivity index is 3.14. The highest BCUT2D eigenvalue weighted by molar-refractivity contribution is 9.11. The van der Waals surface area contributed by atoms with Crippen molar-refractivity contribution in [3.63, 3.8) is 0 Å². The minimum atomic E-state index is 0.842. The fourth-order valence-corrected chi connectivity index (χ4v) is 2.36. The van der Waals surface area contributed by atoms with Crippen molar-refractivity contribution < 1.29 is 0 Å². The van der Waals surface area contributed by atoms with E-state index >= 15 is 0 Å². The Morgan fingerprint density at radius 2 is 2.38 bits per heavy atom. The lowest BCUT2D eigenvalue weighted by Crippen LogP contribution is -1.55. The molecule has 0 aliphatic carbocycles. The summed E-state index contributed by atoms with van der Waals surface area (Å²) in [5.41, 5.74) is 1.21. The largest absolute Gasteiger partial charge is 0.116 e. The van der Waals surface area contributed by atoms with Crippen LogP contribution in [0.15, 0.2) is 9.85 Å². The molecule has 0 saturated heterocycles. The molecule has 0 nitrogen and oxygen atoms in total. The van der Waals surface area contributed by atoms with Gasteiger partial charge in [-0.2, -0.15) is 0 Å². The highest BCUT2D eigenvalue weighted by Crippen LogP contribution is 2.30. The van der Waals surface area contributed by atoms with Gasteiger partial charge in [0.05, 0.1) is 8.12 Å². The van der Waals surface area contributed by atoms with Crippen molar-refractivity contribution in [1.29, 1.82) is 0 Å². The van der Waals surface area contributed by atoms with Crippen LogP contribution in [0.25, 0.3) is 0 Å². The molecule has 8 heavy (non-hydrogen) atoms. The maximum absolute atomic E-state index is 5.65. The summed E-state index contributed by atoms with van der Waals surface area (Å²) in [6.07, 6.45) is 0. The zero-order valence-electron chi connectivity index (χ0n) is 4.24. The lowest BCUT2D eigenvalue weighted by atomic mass is 10.4. The molecule has 0 aromatic carbocycles.